The van der Waals surface area contributed by atoms with Crippen LogP contribution < -0.4 is 4.90 Å². The number of ether oxygens (including phenoxy) is 1. The molecular weight excluding hydrogens is 512 g/mol. The van der Waals surface area contributed by atoms with Crippen molar-refractivity contribution in [3.05, 3.63) is 76.6 Å². The number of anilines is 1. The average Bonchev–Trinajstić information content (AvgIpc) is 3.19. The number of amides is 2. The fourth-order valence-corrected chi connectivity index (χ4v) is 6.66. The molecule has 0 bridgehead atoms. The van der Waals surface area contributed by atoms with Crippen LogP contribution in [0, 0.1) is 23.6 Å². The number of phenolic OH excluding ortho intramolecular Hbond substituents is 1. The first-order valence-corrected chi connectivity index (χ1v) is 14.0. The molecule has 2 amide bonds. The molecule has 0 unspecified atom stereocenters. The number of imide groups is 1. The lowest BCUT2D eigenvalue weighted by Crippen LogP contribution is -2.46. The number of hydrogen-bond donors (Lipinski definition) is 2. The highest BCUT2D eigenvalue weighted by atomic mass is 19.1. The molecule has 7 nitrogen and oxygen atoms in total. The summed E-state index contributed by atoms with van der Waals surface area (Å²) in [4.78, 5) is 28.6. The van der Waals surface area contributed by atoms with Crippen LogP contribution in [0.5, 0.6) is 5.75 Å². The zero-order chi connectivity index (χ0) is 28.4. The summed E-state index contributed by atoms with van der Waals surface area (Å²) in [6, 6.07) is 13.3. The van der Waals surface area contributed by atoms with Gasteiger partial charge in [0.1, 0.15) is 0 Å². The van der Waals surface area contributed by atoms with Gasteiger partial charge in [0, 0.05) is 7.11 Å². The molecule has 0 radical (unpaired) electrons. The Bertz CT molecular complexity index is 1330. The average molecular weight is 547 g/mol. The molecule has 9 heteroatoms. The first-order chi connectivity index (χ1) is 19.3. The number of phenols is 1. The zero-order valence-corrected chi connectivity index (χ0v) is 22.9. The maximum absolute atomic E-state index is 13.9. The van der Waals surface area contributed by atoms with E-state index in [1.807, 2.05) is 12.1 Å². The lowest BCUT2D eigenvalue weighted by atomic mass is 9.58. The Morgan fingerprint density at radius 1 is 1.15 bits per heavy atom. The predicted molar refractivity (Wildman–Crippen MR) is 151 cm³/mol. The highest BCUT2D eigenvalue weighted by molar-refractivity contribution is 6.43. The number of rotatable bonds is 9. The number of benzene rings is 2. The fraction of sp³-hybridized carbons (Fsp3) is 0.419. The van der Waals surface area contributed by atoms with Gasteiger partial charge in [-0.3, -0.25) is 14.5 Å². The Labute approximate surface area is 234 Å². The summed E-state index contributed by atoms with van der Waals surface area (Å²) in [5, 5.41) is 20.3. The molecule has 2 fully saturated rings. The van der Waals surface area contributed by atoms with Crippen LogP contribution >= 0.6 is 0 Å². The Balaban J connectivity index is 1.44. The number of halogens is 1. The van der Waals surface area contributed by atoms with Crippen molar-refractivity contribution in [1.82, 2.24) is 0 Å². The largest absolute Gasteiger partial charge is 0.505 e. The van der Waals surface area contributed by atoms with Gasteiger partial charge >= 0.3 is 7.12 Å². The van der Waals surface area contributed by atoms with Gasteiger partial charge in [0.05, 0.1) is 30.2 Å². The topological polar surface area (TPSA) is 96.3 Å². The van der Waals surface area contributed by atoms with Gasteiger partial charge in [0.15, 0.2) is 11.6 Å². The minimum atomic E-state index is -1.06. The summed E-state index contributed by atoms with van der Waals surface area (Å²) in [5.74, 6) is -2.88. The minimum absolute atomic E-state index is 0.208. The zero-order valence-electron chi connectivity index (χ0n) is 22.9. The third kappa shape index (κ3) is 5.51. The number of carbonyl (C=O) groups is 2. The number of allylic oxidation sites excluding steroid dienone is 1. The van der Waals surface area contributed by atoms with E-state index in [9.17, 15) is 24.1 Å². The quantitative estimate of drug-likeness (QED) is 0.256. The Hall–Kier alpha value is -3.27. The monoisotopic (exact) mass is 547 g/mol. The summed E-state index contributed by atoms with van der Waals surface area (Å²) in [6.45, 7) is 2.39. The summed E-state index contributed by atoms with van der Waals surface area (Å²) < 4.78 is 25.6. The van der Waals surface area contributed by atoms with Crippen LogP contribution in [0.25, 0.3) is 6.08 Å². The number of hydrogen-bond acceptors (Lipinski definition) is 6. The first-order valence-electron chi connectivity index (χ1n) is 14.0. The lowest BCUT2D eigenvalue weighted by Gasteiger charge is -2.43. The first kappa shape index (κ1) is 28.3. The third-order valence-corrected chi connectivity index (χ3v) is 8.28. The van der Waals surface area contributed by atoms with Gasteiger partial charge < -0.3 is 19.5 Å². The molecule has 0 aromatic heterocycles. The van der Waals surface area contributed by atoms with Crippen LogP contribution in [0.2, 0.25) is 6.32 Å². The highest BCUT2D eigenvalue weighted by Gasteiger charge is 2.57. The molecular formula is C31H35BFNO6. The number of para-hydroxylation sites is 1. The van der Waals surface area contributed by atoms with Crippen molar-refractivity contribution in [3.63, 3.8) is 0 Å². The van der Waals surface area contributed by atoms with E-state index in [0.717, 1.165) is 29.6 Å². The molecule has 0 saturated carbocycles. The van der Waals surface area contributed by atoms with Crippen LogP contribution in [-0.2, 0) is 19.0 Å². The van der Waals surface area contributed by atoms with E-state index in [1.54, 1.807) is 37.4 Å². The van der Waals surface area contributed by atoms with Crippen molar-refractivity contribution in [2.45, 2.75) is 51.5 Å². The van der Waals surface area contributed by atoms with E-state index in [4.69, 9.17) is 9.39 Å². The molecule has 40 heavy (non-hydrogen) atoms. The second-order valence-electron chi connectivity index (χ2n) is 10.9. The van der Waals surface area contributed by atoms with Gasteiger partial charge in [-0.25, -0.2) is 4.39 Å². The summed E-state index contributed by atoms with van der Waals surface area (Å²) in [5.41, 5.74) is 4.25. The van der Waals surface area contributed by atoms with E-state index in [2.05, 4.69) is 6.92 Å². The Morgan fingerprint density at radius 3 is 2.62 bits per heavy atom. The van der Waals surface area contributed by atoms with Gasteiger partial charge in [-0.2, -0.15) is 0 Å². The van der Waals surface area contributed by atoms with Crippen LogP contribution in [0.1, 0.15) is 44.6 Å². The molecule has 3 aliphatic rings. The van der Waals surface area contributed by atoms with Crippen LogP contribution in [0.15, 0.2) is 65.3 Å². The van der Waals surface area contributed by atoms with Crippen molar-refractivity contribution in [1.29, 1.82) is 0 Å². The van der Waals surface area contributed by atoms with Gasteiger partial charge in [-0.1, -0.05) is 49.3 Å². The molecule has 2 heterocycles. The predicted octanol–water partition coefficient (Wildman–Crippen LogP) is 5.14. The van der Waals surface area contributed by atoms with Crippen LogP contribution in [0.4, 0.5) is 10.1 Å². The van der Waals surface area contributed by atoms with E-state index in [-0.39, 0.29) is 29.8 Å². The lowest BCUT2D eigenvalue weighted by molar-refractivity contribution is -0.122. The van der Waals surface area contributed by atoms with Gasteiger partial charge in [0.2, 0.25) is 11.8 Å². The van der Waals surface area contributed by atoms with Crippen LogP contribution in [-0.4, -0.2) is 48.9 Å². The number of methoxy groups -OCH3 is 1. The second-order valence-corrected chi connectivity index (χ2v) is 10.9. The van der Waals surface area contributed by atoms with Crippen LogP contribution in [0.3, 0.4) is 0 Å². The number of fused-ring (bicyclic) bond motifs is 3. The van der Waals surface area contributed by atoms with E-state index >= 15 is 0 Å². The number of nitrogens with zero attached hydrogens (tertiary/aromatic N) is 1. The Morgan fingerprint density at radius 2 is 1.93 bits per heavy atom. The van der Waals surface area contributed by atoms with Gasteiger partial charge in [0.25, 0.3) is 0 Å². The van der Waals surface area contributed by atoms with Crippen molar-refractivity contribution in [3.8, 4) is 5.75 Å². The summed E-state index contributed by atoms with van der Waals surface area (Å²) in [6.07, 6.45) is 5.05. The maximum Gasteiger partial charge on any atom is 0.455 e. The fourth-order valence-electron chi connectivity index (χ4n) is 6.66. The molecule has 2 saturated heterocycles. The maximum atomic E-state index is 13.9. The van der Waals surface area contributed by atoms with E-state index in [0.29, 0.717) is 37.1 Å². The van der Waals surface area contributed by atoms with E-state index < -0.39 is 30.9 Å². The molecule has 2 aliphatic heterocycles. The smallest absolute Gasteiger partial charge is 0.455 e. The molecule has 2 aromatic carbocycles. The molecule has 210 valence electrons. The highest BCUT2D eigenvalue weighted by Crippen LogP contribution is 2.51. The molecule has 5 rings (SSSR count). The number of aromatic hydroxyl groups is 1. The molecule has 0 spiro atoms. The molecule has 2 aromatic rings. The van der Waals surface area contributed by atoms with Gasteiger partial charge in [-0.05, 0) is 78.9 Å². The Kier molecular flexibility index (Phi) is 8.54. The standard InChI is InChI=1S/C31H35BFNO6/c1-3-7-19(14-20-10-12-26(35)25(33)15-20)11-13-27-28-21(18-39-2)16-23-29(24(28)17-32(38)40-27)31(37)34(30(23)36)22-8-5-4-6-9-22/h4-6,8-10,12,14-15,23-24,27,29,35,38H,3,7,11,13,16-18H2,1-2H3/b19-14+/t23-,24+,27-,29-/m1/s1. The molecule has 2 N–H and O–H groups in total. The molecule has 4 atom stereocenters. The number of carbonyl (C=O) groups excluding carboxylic acids is 2. The van der Waals surface area contributed by atoms with Crippen molar-refractivity contribution in [2.24, 2.45) is 17.8 Å². The summed E-state index contributed by atoms with van der Waals surface area (Å²) >= 11 is 0. The SMILES string of the molecule is CCC/C(=C\c1ccc(O)c(F)c1)CC[C@H]1OB(O)C[C@H]2C1=C(COC)C[C@H]1C(=O)N(c3ccccc3)C(=O)[C@H]12. The van der Waals surface area contributed by atoms with Crippen molar-refractivity contribution >= 4 is 30.7 Å². The molecule has 1 aliphatic carbocycles. The van der Waals surface area contributed by atoms with E-state index in [1.165, 1.54) is 17.0 Å². The minimum Gasteiger partial charge on any atom is -0.505 e. The van der Waals surface area contributed by atoms with Gasteiger partial charge in [-0.15, -0.1) is 0 Å². The summed E-state index contributed by atoms with van der Waals surface area (Å²) in [7, 11) is 0.554. The second kappa shape index (κ2) is 12.1. The third-order valence-electron chi connectivity index (χ3n) is 8.28. The van der Waals surface area contributed by atoms with Crippen molar-refractivity contribution < 1.29 is 33.5 Å². The normalized spacial score (nSPS) is 24.9. The van der Waals surface area contributed by atoms with Crippen molar-refractivity contribution in [2.75, 3.05) is 18.6 Å².